The Morgan fingerprint density at radius 2 is 2.42 bits per heavy atom. The molecule has 4 heteroatoms. The Hall–Kier alpha value is -2.07. The standard InChI is InChI=1S/C8H6N4/c9-3-1-2-4-12-7-8(5-10)6-11-12/h1-2,6-7H,4H2/b2-1+. The lowest BCUT2D eigenvalue weighted by atomic mass is 10.4. The SMILES string of the molecule is N#C/C=C/Cn1cc(C#N)cn1. The van der Waals surface area contributed by atoms with E-state index in [1.165, 1.54) is 12.3 Å². The lowest BCUT2D eigenvalue weighted by molar-refractivity contribution is 0.702. The average Bonchev–Trinajstić information content (AvgIpc) is 2.53. The van der Waals surface area contributed by atoms with Crippen molar-refractivity contribution in [1.29, 1.82) is 10.5 Å². The molecule has 1 aromatic heterocycles. The quantitative estimate of drug-likeness (QED) is 0.599. The Labute approximate surface area is 70.0 Å². The summed E-state index contributed by atoms with van der Waals surface area (Å²) < 4.78 is 1.59. The summed E-state index contributed by atoms with van der Waals surface area (Å²) in [5.41, 5.74) is 0.528. The number of hydrogen-bond donors (Lipinski definition) is 0. The van der Waals surface area contributed by atoms with Crippen LogP contribution in [0.2, 0.25) is 0 Å². The maximum absolute atomic E-state index is 8.45. The molecular formula is C8H6N4. The van der Waals surface area contributed by atoms with Crippen molar-refractivity contribution in [1.82, 2.24) is 9.78 Å². The van der Waals surface area contributed by atoms with Gasteiger partial charge < -0.3 is 0 Å². The summed E-state index contributed by atoms with van der Waals surface area (Å²) in [4.78, 5) is 0. The van der Waals surface area contributed by atoms with Gasteiger partial charge in [0.05, 0.1) is 24.4 Å². The van der Waals surface area contributed by atoms with Crippen LogP contribution in [-0.2, 0) is 6.54 Å². The summed E-state index contributed by atoms with van der Waals surface area (Å²) in [5.74, 6) is 0. The minimum atomic E-state index is 0.523. The molecule has 0 spiro atoms. The number of hydrogen-bond acceptors (Lipinski definition) is 3. The van der Waals surface area contributed by atoms with Crippen LogP contribution in [0.15, 0.2) is 24.5 Å². The normalized spacial score (nSPS) is 9.50. The first-order valence-corrected chi connectivity index (χ1v) is 3.34. The van der Waals surface area contributed by atoms with Gasteiger partial charge in [-0.05, 0) is 0 Å². The highest BCUT2D eigenvalue weighted by Gasteiger charge is 1.92. The van der Waals surface area contributed by atoms with Crippen LogP contribution in [0.1, 0.15) is 5.56 Å². The van der Waals surface area contributed by atoms with Gasteiger partial charge >= 0.3 is 0 Å². The molecule has 58 valence electrons. The fraction of sp³-hybridized carbons (Fsp3) is 0.125. The second-order valence-corrected chi connectivity index (χ2v) is 2.09. The molecule has 1 aromatic rings. The van der Waals surface area contributed by atoms with Crippen LogP contribution in [-0.4, -0.2) is 9.78 Å². The van der Waals surface area contributed by atoms with Crippen molar-refractivity contribution in [2.24, 2.45) is 0 Å². The predicted octanol–water partition coefficient (Wildman–Crippen LogP) is 0.835. The molecular weight excluding hydrogens is 152 g/mol. The van der Waals surface area contributed by atoms with E-state index in [1.807, 2.05) is 12.1 Å². The first-order valence-electron chi connectivity index (χ1n) is 3.34. The van der Waals surface area contributed by atoms with Gasteiger partial charge in [0.15, 0.2) is 0 Å². The Balaban J connectivity index is 2.61. The first-order chi connectivity index (χ1) is 5.86. The van der Waals surface area contributed by atoms with E-state index in [0.717, 1.165) is 0 Å². The number of nitriles is 2. The summed E-state index contributed by atoms with van der Waals surface area (Å²) in [5, 5.41) is 20.5. The molecule has 0 unspecified atom stereocenters. The van der Waals surface area contributed by atoms with Crippen molar-refractivity contribution < 1.29 is 0 Å². The molecule has 0 aromatic carbocycles. The Kier molecular flexibility index (Phi) is 2.64. The molecule has 0 saturated carbocycles. The lowest BCUT2D eigenvalue weighted by Crippen LogP contribution is -1.93. The number of allylic oxidation sites excluding steroid dienone is 2. The molecule has 1 heterocycles. The fourth-order valence-electron chi connectivity index (χ4n) is 0.735. The molecule has 1 rings (SSSR count). The molecule has 0 amide bonds. The van der Waals surface area contributed by atoms with E-state index in [0.29, 0.717) is 12.1 Å². The smallest absolute Gasteiger partial charge is 0.102 e. The zero-order chi connectivity index (χ0) is 8.81. The zero-order valence-electron chi connectivity index (χ0n) is 6.31. The summed E-state index contributed by atoms with van der Waals surface area (Å²) in [6, 6.07) is 3.84. The number of aromatic nitrogens is 2. The lowest BCUT2D eigenvalue weighted by Gasteiger charge is -1.90. The van der Waals surface area contributed by atoms with E-state index >= 15 is 0 Å². The third-order valence-corrected chi connectivity index (χ3v) is 1.25. The fourth-order valence-corrected chi connectivity index (χ4v) is 0.735. The van der Waals surface area contributed by atoms with Gasteiger partial charge in [0.25, 0.3) is 0 Å². The van der Waals surface area contributed by atoms with Gasteiger partial charge in [0.2, 0.25) is 0 Å². The van der Waals surface area contributed by atoms with E-state index in [4.69, 9.17) is 10.5 Å². The van der Waals surface area contributed by atoms with E-state index in [2.05, 4.69) is 5.10 Å². The van der Waals surface area contributed by atoms with Gasteiger partial charge in [-0.3, -0.25) is 4.68 Å². The maximum atomic E-state index is 8.45. The van der Waals surface area contributed by atoms with Crippen LogP contribution >= 0.6 is 0 Å². The van der Waals surface area contributed by atoms with Gasteiger partial charge in [0.1, 0.15) is 6.07 Å². The zero-order valence-corrected chi connectivity index (χ0v) is 6.31. The van der Waals surface area contributed by atoms with Crippen molar-refractivity contribution >= 4 is 0 Å². The van der Waals surface area contributed by atoms with Crippen molar-refractivity contribution in [2.45, 2.75) is 6.54 Å². The number of nitrogens with zero attached hydrogens (tertiary/aromatic N) is 4. The van der Waals surface area contributed by atoms with Crippen LogP contribution in [0.4, 0.5) is 0 Å². The van der Waals surface area contributed by atoms with Crippen LogP contribution in [0.5, 0.6) is 0 Å². The topological polar surface area (TPSA) is 65.4 Å². The first kappa shape index (κ1) is 8.03. The van der Waals surface area contributed by atoms with Crippen molar-refractivity contribution in [2.75, 3.05) is 0 Å². The third kappa shape index (κ3) is 1.96. The molecule has 0 saturated heterocycles. The Morgan fingerprint density at radius 3 is 3.00 bits per heavy atom. The van der Waals surface area contributed by atoms with E-state index in [-0.39, 0.29) is 0 Å². The highest BCUT2D eigenvalue weighted by atomic mass is 15.3. The molecule has 0 aliphatic rings. The van der Waals surface area contributed by atoms with E-state index < -0.39 is 0 Å². The molecule has 12 heavy (non-hydrogen) atoms. The van der Waals surface area contributed by atoms with E-state index in [9.17, 15) is 0 Å². The summed E-state index contributed by atoms with van der Waals surface area (Å²) in [6.45, 7) is 0.523. The predicted molar refractivity (Wildman–Crippen MR) is 41.7 cm³/mol. The van der Waals surface area contributed by atoms with Gasteiger partial charge in [-0.1, -0.05) is 6.08 Å². The molecule has 0 aliphatic heterocycles. The molecule has 0 radical (unpaired) electrons. The van der Waals surface area contributed by atoms with Crippen LogP contribution in [0.3, 0.4) is 0 Å². The molecule has 0 N–H and O–H groups in total. The van der Waals surface area contributed by atoms with Gasteiger partial charge in [0, 0.05) is 12.3 Å². The average molecular weight is 158 g/mol. The van der Waals surface area contributed by atoms with Gasteiger partial charge in [-0.15, -0.1) is 0 Å². The van der Waals surface area contributed by atoms with Crippen LogP contribution in [0.25, 0.3) is 0 Å². The van der Waals surface area contributed by atoms with Gasteiger partial charge in [-0.25, -0.2) is 0 Å². The highest BCUT2D eigenvalue weighted by Crippen LogP contribution is 1.94. The molecule has 4 nitrogen and oxygen atoms in total. The summed E-state index contributed by atoms with van der Waals surface area (Å²) in [7, 11) is 0. The summed E-state index contributed by atoms with van der Waals surface area (Å²) in [6.07, 6.45) is 6.17. The molecule has 0 aliphatic carbocycles. The Morgan fingerprint density at radius 1 is 1.58 bits per heavy atom. The minimum absolute atomic E-state index is 0.523. The monoisotopic (exact) mass is 158 g/mol. The van der Waals surface area contributed by atoms with Gasteiger partial charge in [-0.2, -0.15) is 15.6 Å². The van der Waals surface area contributed by atoms with Crippen molar-refractivity contribution in [3.8, 4) is 12.1 Å². The van der Waals surface area contributed by atoms with Crippen LogP contribution in [0, 0.1) is 22.7 Å². The minimum Gasteiger partial charge on any atom is -0.268 e. The second kappa shape index (κ2) is 3.95. The molecule has 0 bridgehead atoms. The largest absolute Gasteiger partial charge is 0.268 e. The number of rotatable bonds is 2. The second-order valence-electron chi connectivity index (χ2n) is 2.09. The molecule has 0 fully saturated rings. The van der Waals surface area contributed by atoms with Crippen molar-refractivity contribution in [3.05, 3.63) is 30.1 Å². The maximum Gasteiger partial charge on any atom is 0.102 e. The highest BCUT2D eigenvalue weighted by molar-refractivity contribution is 5.21. The van der Waals surface area contributed by atoms with E-state index in [1.54, 1.807) is 17.0 Å². The van der Waals surface area contributed by atoms with Crippen LogP contribution < -0.4 is 0 Å². The van der Waals surface area contributed by atoms with Crippen molar-refractivity contribution in [3.63, 3.8) is 0 Å². The Bertz CT molecular complexity index is 361. The summed E-state index contributed by atoms with van der Waals surface area (Å²) >= 11 is 0. The molecule has 0 atom stereocenters. The third-order valence-electron chi connectivity index (χ3n) is 1.25.